The van der Waals surface area contributed by atoms with Gasteiger partial charge in [-0.1, -0.05) is 33.6 Å². The molecule has 0 aliphatic carbocycles. The molecule has 0 amide bonds. The Morgan fingerprint density at radius 1 is 1.08 bits per heavy atom. The van der Waals surface area contributed by atoms with Crippen molar-refractivity contribution in [2.24, 2.45) is 11.8 Å². The second kappa shape index (κ2) is 7.22. The van der Waals surface area contributed by atoms with Crippen LogP contribution in [-0.4, -0.2) is 0 Å². The Labute approximate surface area is 77.8 Å². The lowest BCUT2D eigenvalue weighted by Crippen LogP contribution is -1.94. The number of hydrogen-bond donors (Lipinski definition) is 0. The average Bonchev–Trinajstić information content (AvgIpc) is 2.04. The second-order valence-electron chi connectivity index (χ2n) is 3.55. The van der Waals surface area contributed by atoms with Crippen LogP contribution >= 0.6 is 0 Å². The molecule has 0 bridgehead atoms. The third-order valence-electron chi connectivity index (χ3n) is 2.12. The van der Waals surface area contributed by atoms with Crippen molar-refractivity contribution in [2.45, 2.75) is 46.5 Å². The zero-order chi connectivity index (χ0) is 9.40. The molecule has 0 aromatic carbocycles. The Hall–Kier alpha value is -0.440. The van der Waals surface area contributed by atoms with Crippen LogP contribution in [0.2, 0.25) is 0 Å². The summed E-state index contributed by atoms with van der Waals surface area (Å²) >= 11 is 0. The highest BCUT2D eigenvalue weighted by Gasteiger charge is 1.98. The third kappa shape index (κ3) is 6.28. The Morgan fingerprint density at radius 3 is 2.00 bits per heavy atom. The van der Waals surface area contributed by atoms with E-state index in [-0.39, 0.29) is 0 Å². The molecule has 0 aliphatic heterocycles. The van der Waals surface area contributed by atoms with Crippen molar-refractivity contribution < 1.29 is 0 Å². The van der Waals surface area contributed by atoms with Gasteiger partial charge >= 0.3 is 0 Å². The molecule has 69 valence electrons. The van der Waals surface area contributed by atoms with Gasteiger partial charge in [-0.05, 0) is 18.8 Å². The van der Waals surface area contributed by atoms with Gasteiger partial charge in [0, 0.05) is 12.8 Å². The van der Waals surface area contributed by atoms with Gasteiger partial charge < -0.3 is 0 Å². The predicted molar refractivity (Wildman–Crippen MR) is 55.6 cm³/mol. The molecule has 12 heavy (non-hydrogen) atoms. The van der Waals surface area contributed by atoms with E-state index in [9.17, 15) is 0 Å². The first-order chi connectivity index (χ1) is 5.70. The van der Waals surface area contributed by atoms with E-state index in [0.29, 0.717) is 5.92 Å². The highest BCUT2D eigenvalue weighted by atomic mass is 14.0. The molecule has 0 fully saturated rings. The van der Waals surface area contributed by atoms with Crippen molar-refractivity contribution in [2.75, 3.05) is 0 Å². The summed E-state index contributed by atoms with van der Waals surface area (Å²) in [7, 11) is 0. The first-order valence-electron chi connectivity index (χ1n) is 4.99. The molecule has 1 unspecified atom stereocenters. The minimum Gasteiger partial charge on any atom is -0.103 e. The van der Waals surface area contributed by atoms with E-state index < -0.39 is 0 Å². The average molecular weight is 165 g/mol. The standard InChI is InChI=1S/C12H21/c1-5-12(6-2)10-8-7-9-11(3)4/h11-12H,3,5-6,9-10H2,1-2,4H3. The van der Waals surface area contributed by atoms with Crippen LogP contribution in [0.1, 0.15) is 46.5 Å². The van der Waals surface area contributed by atoms with E-state index in [1.807, 2.05) is 0 Å². The van der Waals surface area contributed by atoms with Crippen LogP contribution in [0.25, 0.3) is 0 Å². The fourth-order valence-corrected chi connectivity index (χ4v) is 1.04. The maximum atomic E-state index is 3.89. The Morgan fingerprint density at radius 2 is 1.58 bits per heavy atom. The lowest BCUT2D eigenvalue weighted by Gasteiger charge is -2.05. The molecule has 0 saturated heterocycles. The summed E-state index contributed by atoms with van der Waals surface area (Å²) in [5, 5.41) is 0. The summed E-state index contributed by atoms with van der Waals surface area (Å²) in [6.07, 6.45) is 4.52. The fraction of sp³-hybridized carbons (Fsp3) is 0.750. The molecule has 0 heteroatoms. The van der Waals surface area contributed by atoms with Crippen molar-refractivity contribution >= 4 is 0 Å². The zero-order valence-electron chi connectivity index (χ0n) is 8.69. The molecule has 0 saturated carbocycles. The lowest BCUT2D eigenvalue weighted by molar-refractivity contribution is 0.506. The van der Waals surface area contributed by atoms with Gasteiger partial charge in [0.25, 0.3) is 0 Å². The van der Waals surface area contributed by atoms with Crippen molar-refractivity contribution in [3.63, 3.8) is 0 Å². The fourth-order valence-electron chi connectivity index (χ4n) is 1.04. The maximum Gasteiger partial charge on any atom is 0.0117 e. The summed E-state index contributed by atoms with van der Waals surface area (Å²) in [5.74, 6) is 7.67. The van der Waals surface area contributed by atoms with Gasteiger partial charge in [-0.2, -0.15) is 0 Å². The summed E-state index contributed by atoms with van der Waals surface area (Å²) in [6, 6.07) is 0. The minimum atomic E-state index is 0.471. The van der Waals surface area contributed by atoms with Gasteiger partial charge in [-0.3, -0.25) is 0 Å². The van der Waals surface area contributed by atoms with Gasteiger partial charge in [-0.25, -0.2) is 0 Å². The summed E-state index contributed by atoms with van der Waals surface area (Å²) < 4.78 is 0. The SMILES string of the molecule is [CH2]C(C)CC#CCC(CC)CC. The van der Waals surface area contributed by atoms with Crippen LogP contribution in [0.3, 0.4) is 0 Å². The quantitative estimate of drug-likeness (QED) is 0.557. The Bertz CT molecular complexity index is 141. The van der Waals surface area contributed by atoms with Crippen LogP contribution < -0.4 is 0 Å². The molecule has 1 atom stereocenters. The van der Waals surface area contributed by atoms with Crippen molar-refractivity contribution in [3.05, 3.63) is 6.92 Å². The Balaban J connectivity index is 3.54. The molecule has 0 rings (SSSR count). The van der Waals surface area contributed by atoms with Crippen molar-refractivity contribution in [1.82, 2.24) is 0 Å². The third-order valence-corrected chi connectivity index (χ3v) is 2.12. The Kier molecular flexibility index (Phi) is 6.96. The molecular formula is C12H21. The van der Waals surface area contributed by atoms with E-state index in [0.717, 1.165) is 18.8 Å². The van der Waals surface area contributed by atoms with Crippen LogP contribution in [0.15, 0.2) is 0 Å². The van der Waals surface area contributed by atoms with E-state index in [2.05, 4.69) is 39.5 Å². The molecule has 0 nitrogen and oxygen atoms in total. The maximum absolute atomic E-state index is 3.89. The van der Waals surface area contributed by atoms with Gasteiger partial charge in [0.1, 0.15) is 0 Å². The molecular weight excluding hydrogens is 144 g/mol. The summed E-state index contributed by atoms with van der Waals surface area (Å²) in [4.78, 5) is 0. The molecule has 0 aromatic heterocycles. The number of rotatable bonds is 4. The smallest absolute Gasteiger partial charge is 0.0117 e. The van der Waals surface area contributed by atoms with Crippen molar-refractivity contribution in [3.8, 4) is 11.8 Å². The molecule has 1 radical (unpaired) electrons. The van der Waals surface area contributed by atoms with Gasteiger partial charge in [0.15, 0.2) is 0 Å². The lowest BCUT2D eigenvalue weighted by atomic mass is 10.00. The minimum absolute atomic E-state index is 0.471. The van der Waals surface area contributed by atoms with Crippen LogP contribution in [-0.2, 0) is 0 Å². The predicted octanol–water partition coefficient (Wildman–Crippen LogP) is 3.68. The van der Waals surface area contributed by atoms with E-state index in [4.69, 9.17) is 0 Å². The van der Waals surface area contributed by atoms with Crippen LogP contribution in [0.4, 0.5) is 0 Å². The highest BCUT2D eigenvalue weighted by molar-refractivity contribution is 5.00. The van der Waals surface area contributed by atoms with Gasteiger partial charge in [-0.15, -0.1) is 11.8 Å². The van der Waals surface area contributed by atoms with E-state index in [1.165, 1.54) is 12.8 Å². The first-order valence-corrected chi connectivity index (χ1v) is 4.99. The number of hydrogen-bond acceptors (Lipinski definition) is 0. The van der Waals surface area contributed by atoms with Gasteiger partial charge in [0.05, 0.1) is 0 Å². The topological polar surface area (TPSA) is 0 Å². The summed E-state index contributed by atoms with van der Waals surface area (Å²) in [5.41, 5.74) is 0. The first kappa shape index (κ1) is 11.6. The van der Waals surface area contributed by atoms with E-state index in [1.54, 1.807) is 0 Å². The van der Waals surface area contributed by atoms with E-state index >= 15 is 0 Å². The van der Waals surface area contributed by atoms with Crippen LogP contribution in [0.5, 0.6) is 0 Å². The summed E-state index contributed by atoms with van der Waals surface area (Å²) in [6.45, 7) is 10.5. The molecule has 0 aromatic rings. The highest BCUT2D eigenvalue weighted by Crippen LogP contribution is 2.10. The molecule has 0 spiro atoms. The normalized spacial score (nSPS) is 10.2. The van der Waals surface area contributed by atoms with Crippen LogP contribution in [0, 0.1) is 30.6 Å². The second-order valence-corrected chi connectivity index (χ2v) is 3.55. The molecule has 0 heterocycles. The van der Waals surface area contributed by atoms with Gasteiger partial charge in [0.2, 0.25) is 0 Å². The van der Waals surface area contributed by atoms with Crippen molar-refractivity contribution in [1.29, 1.82) is 0 Å². The monoisotopic (exact) mass is 165 g/mol. The molecule has 0 N–H and O–H groups in total. The zero-order valence-corrected chi connectivity index (χ0v) is 8.69. The molecule has 0 aliphatic rings. The largest absolute Gasteiger partial charge is 0.103 e.